The van der Waals surface area contributed by atoms with Gasteiger partial charge >= 0.3 is 6.09 Å². The quantitative estimate of drug-likeness (QED) is 0.617. The summed E-state index contributed by atoms with van der Waals surface area (Å²) in [4.78, 5) is 26.2. The Morgan fingerprint density at radius 1 is 1.04 bits per heavy atom. The summed E-state index contributed by atoms with van der Waals surface area (Å²) in [5, 5.41) is 11.1. The van der Waals surface area contributed by atoms with Gasteiger partial charge in [0.1, 0.15) is 0 Å². The predicted octanol–water partition coefficient (Wildman–Crippen LogP) is 3.57. The summed E-state index contributed by atoms with van der Waals surface area (Å²) in [6, 6.07) is 13.2. The van der Waals surface area contributed by atoms with Crippen molar-refractivity contribution in [2.45, 2.75) is 0 Å². The van der Waals surface area contributed by atoms with Crippen molar-refractivity contribution in [2.24, 2.45) is 0 Å². The summed E-state index contributed by atoms with van der Waals surface area (Å²) in [7, 11) is 0. The van der Waals surface area contributed by atoms with Gasteiger partial charge in [-0.1, -0.05) is 23.7 Å². The van der Waals surface area contributed by atoms with Gasteiger partial charge in [0.2, 0.25) is 0 Å². The Labute approximate surface area is 149 Å². The van der Waals surface area contributed by atoms with Crippen LogP contribution in [0, 0.1) is 10.1 Å². The van der Waals surface area contributed by atoms with Gasteiger partial charge in [-0.05, 0) is 24.3 Å². The number of hydrogen-bond acceptors (Lipinski definition) is 5. The SMILES string of the molecule is O=C(Oc1ccccc1Cl)N1CCN(c2ccc([N+](=O)[O-])cc2)CC1. The van der Waals surface area contributed by atoms with E-state index in [1.165, 1.54) is 12.1 Å². The fraction of sp³-hybridized carbons (Fsp3) is 0.235. The summed E-state index contributed by atoms with van der Waals surface area (Å²) in [6.45, 7) is 2.24. The lowest BCUT2D eigenvalue weighted by Gasteiger charge is -2.35. The van der Waals surface area contributed by atoms with Gasteiger partial charge in [-0.2, -0.15) is 0 Å². The molecule has 0 radical (unpaired) electrons. The number of amides is 1. The van der Waals surface area contributed by atoms with E-state index in [-0.39, 0.29) is 5.69 Å². The maximum absolute atomic E-state index is 12.2. The molecule has 25 heavy (non-hydrogen) atoms. The molecule has 2 aromatic carbocycles. The molecule has 1 aliphatic heterocycles. The van der Waals surface area contributed by atoms with Gasteiger partial charge in [-0.25, -0.2) is 4.79 Å². The third-order valence-electron chi connectivity index (χ3n) is 4.00. The zero-order valence-electron chi connectivity index (χ0n) is 13.3. The highest BCUT2D eigenvalue weighted by atomic mass is 35.5. The van der Waals surface area contributed by atoms with Crippen LogP contribution in [0.1, 0.15) is 0 Å². The highest BCUT2D eigenvalue weighted by molar-refractivity contribution is 6.32. The Morgan fingerprint density at radius 3 is 2.28 bits per heavy atom. The predicted molar refractivity (Wildman–Crippen MR) is 94.4 cm³/mol. The maximum Gasteiger partial charge on any atom is 0.415 e. The molecule has 0 aliphatic carbocycles. The first kappa shape index (κ1) is 17.0. The van der Waals surface area contributed by atoms with Crippen LogP contribution in [-0.4, -0.2) is 42.1 Å². The van der Waals surface area contributed by atoms with E-state index in [0.717, 1.165) is 5.69 Å². The number of carbonyl (C=O) groups is 1. The average Bonchev–Trinajstić information content (AvgIpc) is 2.64. The summed E-state index contributed by atoms with van der Waals surface area (Å²) in [5.41, 5.74) is 0.954. The van der Waals surface area contributed by atoms with E-state index in [9.17, 15) is 14.9 Å². The summed E-state index contributed by atoms with van der Waals surface area (Å²) in [5.74, 6) is 0.340. The van der Waals surface area contributed by atoms with Crippen molar-refractivity contribution in [3.05, 3.63) is 63.7 Å². The molecule has 1 amide bonds. The Balaban J connectivity index is 1.57. The number of non-ortho nitro benzene ring substituents is 1. The highest BCUT2D eigenvalue weighted by Gasteiger charge is 2.23. The van der Waals surface area contributed by atoms with Crippen molar-refractivity contribution in [3.8, 4) is 5.75 Å². The van der Waals surface area contributed by atoms with E-state index in [1.807, 2.05) is 0 Å². The molecular weight excluding hydrogens is 346 g/mol. The topological polar surface area (TPSA) is 75.9 Å². The third kappa shape index (κ3) is 4.00. The normalized spacial score (nSPS) is 14.3. The number of nitro benzene ring substituents is 1. The van der Waals surface area contributed by atoms with Crippen LogP contribution in [-0.2, 0) is 0 Å². The smallest absolute Gasteiger partial charge is 0.409 e. The van der Waals surface area contributed by atoms with Crippen molar-refractivity contribution >= 4 is 29.1 Å². The van der Waals surface area contributed by atoms with Gasteiger partial charge in [0.05, 0.1) is 9.95 Å². The molecule has 0 spiro atoms. The minimum absolute atomic E-state index is 0.0608. The minimum atomic E-state index is -0.434. The molecule has 0 saturated carbocycles. The van der Waals surface area contributed by atoms with E-state index in [4.69, 9.17) is 16.3 Å². The molecular formula is C17H16ClN3O4. The van der Waals surface area contributed by atoms with E-state index in [1.54, 1.807) is 41.3 Å². The first-order valence-electron chi connectivity index (χ1n) is 7.75. The van der Waals surface area contributed by atoms with E-state index in [2.05, 4.69) is 4.90 Å². The zero-order chi connectivity index (χ0) is 17.8. The molecule has 1 aliphatic rings. The minimum Gasteiger partial charge on any atom is -0.409 e. The molecule has 0 aromatic heterocycles. The molecule has 0 N–H and O–H groups in total. The average molecular weight is 362 g/mol. The van der Waals surface area contributed by atoms with Crippen LogP contribution in [0.2, 0.25) is 5.02 Å². The van der Waals surface area contributed by atoms with Crippen molar-refractivity contribution < 1.29 is 14.5 Å². The largest absolute Gasteiger partial charge is 0.415 e. The van der Waals surface area contributed by atoms with Gasteiger partial charge in [-0.3, -0.25) is 10.1 Å². The third-order valence-corrected chi connectivity index (χ3v) is 4.31. The second-order valence-electron chi connectivity index (χ2n) is 5.55. The molecule has 0 bridgehead atoms. The molecule has 2 aromatic rings. The molecule has 130 valence electrons. The van der Waals surface area contributed by atoms with E-state index in [0.29, 0.717) is 37.0 Å². The first-order chi connectivity index (χ1) is 12.0. The van der Waals surface area contributed by atoms with Crippen molar-refractivity contribution in [2.75, 3.05) is 31.1 Å². The van der Waals surface area contributed by atoms with Gasteiger partial charge in [0, 0.05) is 44.0 Å². The lowest BCUT2D eigenvalue weighted by molar-refractivity contribution is -0.384. The van der Waals surface area contributed by atoms with Gasteiger partial charge in [0.15, 0.2) is 5.75 Å². The fourth-order valence-electron chi connectivity index (χ4n) is 2.62. The summed E-state index contributed by atoms with van der Waals surface area (Å²) in [6.07, 6.45) is -0.434. The number of hydrogen-bond donors (Lipinski definition) is 0. The number of anilines is 1. The Morgan fingerprint density at radius 2 is 1.68 bits per heavy atom. The lowest BCUT2D eigenvalue weighted by atomic mass is 10.2. The highest BCUT2D eigenvalue weighted by Crippen LogP contribution is 2.24. The lowest BCUT2D eigenvalue weighted by Crippen LogP contribution is -2.49. The van der Waals surface area contributed by atoms with Crippen LogP contribution in [0.15, 0.2) is 48.5 Å². The Hall–Kier alpha value is -2.80. The number of piperazine rings is 1. The Kier molecular flexibility index (Phi) is 5.04. The van der Waals surface area contributed by atoms with Crippen LogP contribution >= 0.6 is 11.6 Å². The summed E-state index contributed by atoms with van der Waals surface area (Å²) >= 11 is 5.99. The van der Waals surface area contributed by atoms with Crippen LogP contribution in [0.5, 0.6) is 5.75 Å². The second kappa shape index (κ2) is 7.40. The first-order valence-corrected chi connectivity index (χ1v) is 8.13. The van der Waals surface area contributed by atoms with E-state index >= 15 is 0 Å². The monoisotopic (exact) mass is 361 g/mol. The molecule has 0 unspecified atom stereocenters. The maximum atomic E-state index is 12.2. The number of para-hydroxylation sites is 1. The molecule has 7 nitrogen and oxygen atoms in total. The van der Waals surface area contributed by atoms with Crippen molar-refractivity contribution in [3.63, 3.8) is 0 Å². The molecule has 3 rings (SSSR count). The number of nitrogens with zero attached hydrogens (tertiary/aromatic N) is 3. The Bertz CT molecular complexity index is 774. The number of halogens is 1. The molecule has 0 atom stereocenters. The second-order valence-corrected chi connectivity index (χ2v) is 5.95. The van der Waals surface area contributed by atoms with Crippen molar-refractivity contribution in [1.29, 1.82) is 0 Å². The van der Waals surface area contributed by atoms with Gasteiger partial charge in [0.25, 0.3) is 5.69 Å². The fourth-order valence-corrected chi connectivity index (χ4v) is 2.79. The number of nitro groups is 1. The number of ether oxygens (including phenoxy) is 1. The van der Waals surface area contributed by atoms with Crippen LogP contribution in [0.25, 0.3) is 0 Å². The van der Waals surface area contributed by atoms with E-state index < -0.39 is 11.0 Å². The van der Waals surface area contributed by atoms with Crippen LogP contribution in [0.4, 0.5) is 16.2 Å². The molecule has 1 saturated heterocycles. The zero-order valence-corrected chi connectivity index (χ0v) is 14.1. The number of benzene rings is 2. The summed E-state index contributed by atoms with van der Waals surface area (Å²) < 4.78 is 5.33. The van der Waals surface area contributed by atoms with Crippen LogP contribution < -0.4 is 9.64 Å². The van der Waals surface area contributed by atoms with Gasteiger partial charge < -0.3 is 14.5 Å². The number of carbonyl (C=O) groups excluding carboxylic acids is 1. The van der Waals surface area contributed by atoms with Crippen molar-refractivity contribution in [1.82, 2.24) is 4.90 Å². The molecule has 1 heterocycles. The van der Waals surface area contributed by atoms with Gasteiger partial charge in [-0.15, -0.1) is 0 Å². The standard InChI is InChI=1S/C17H16ClN3O4/c18-15-3-1-2-4-16(15)25-17(22)20-11-9-19(10-12-20)13-5-7-14(8-6-13)21(23)24/h1-8H,9-12H2. The molecule has 8 heteroatoms. The number of rotatable bonds is 3. The van der Waals surface area contributed by atoms with Crippen LogP contribution in [0.3, 0.4) is 0 Å². The molecule has 1 fully saturated rings.